The lowest BCUT2D eigenvalue weighted by Gasteiger charge is -2.09. The predicted molar refractivity (Wildman–Crippen MR) is 112 cm³/mol. The molecule has 28 heavy (non-hydrogen) atoms. The Kier molecular flexibility index (Phi) is 5.22. The molecule has 0 spiro atoms. The molecule has 0 unspecified atom stereocenters. The minimum atomic E-state index is -0.441. The van der Waals surface area contributed by atoms with Gasteiger partial charge >= 0.3 is 10.9 Å². The first kappa shape index (κ1) is 18.7. The van der Waals surface area contributed by atoms with Crippen LogP contribution in [-0.4, -0.2) is 5.97 Å². The zero-order chi connectivity index (χ0) is 19.7. The molecule has 7 heteroatoms. The van der Waals surface area contributed by atoms with Gasteiger partial charge < -0.3 is 9.15 Å². The number of ether oxygens (including phenoxy) is 1. The van der Waals surface area contributed by atoms with Crippen LogP contribution in [0.25, 0.3) is 21.4 Å². The molecule has 0 N–H and O–H groups in total. The number of carbonyl (C=O) groups is 1. The first-order valence-corrected chi connectivity index (χ1v) is 9.84. The van der Waals surface area contributed by atoms with Gasteiger partial charge in [-0.1, -0.05) is 70.9 Å². The molecule has 1 heterocycles. The highest BCUT2D eigenvalue weighted by Gasteiger charge is 2.16. The van der Waals surface area contributed by atoms with Crippen LogP contribution in [0, 0.1) is 0 Å². The van der Waals surface area contributed by atoms with Crippen LogP contribution in [0.1, 0.15) is 5.56 Å². The van der Waals surface area contributed by atoms with E-state index in [2.05, 4.69) is 0 Å². The summed E-state index contributed by atoms with van der Waals surface area (Å²) >= 11 is 13.1. The Morgan fingerprint density at radius 1 is 1.00 bits per heavy atom. The summed E-state index contributed by atoms with van der Waals surface area (Å²) in [5, 5.41) is 0.787. The van der Waals surface area contributed by atoms with Crippen LogP contribution in [-0.2, 0) is 11.2 Å². The Hall–Kier alpha value is -2.60. The second kappa shape index (κ2) is 7.80. The number of carbonyl (C=O) groups excluding carboxylic acids is 1. The van der Waals surface area contributed by atoms with Gasteiger partial charge in [0.2, 0.25) is 0 Å². The highest BCUT2D eigenvalue weighted by atomic mass is 35.5. The molecule has 0 atom stereocenters. The van der Waals surface area contributed by atoms with E-state index in [0.29, 0.717) is 37.2 Å². The van der Waals surface area contributed by atoms with Crippen molar-refractivity contribution in [1.82, 2.24) is 0 Å². The number of halogens is 2. The Balaban J connectivity index is 1.72. The van der Waals surface area contributed by atoms with Gasteiger partial charge in [-0.3, -0.25) is 4.79 Å². The first-order valence-electron chi connectivity index (χ1n) is 8.27. The molecule has 0 radical (unpaired) electrons. The number of benzene rings is 3. The van der Waals surface area contributed by atoms with Crippen molar-refractivity contribution in [2.45, 2.75) is 6.42 Å². The van der Waals surface area contributed by atoms with Crippen molar-refractivity contribution in [3.8, 4) is 16.9 Å². The van der Waals surface area contributed by atoms with Crippen molar-refractivity contribution in [1.29, 1.82) is 0 Å². The number of esters is 1. The van der Waals surface area contributed by atoms with Crippen LogP contribution in [0.4, 0.5) is 0 Å². The fourth-order valence-electron chi connectivity index (χ4n) is 2.82. The van der Waals surface area contributed by atoms with E-state index in [4.69, 9.17) is 32.4 Å². The summed E-state index contributed by atoms with van der Waals surface area (Å²) in [7, 11) is 0. The van der Waals surface area contributed by atoms with E-state index in [9.17, 15) is 9.59 Å². The molecule has 0 amide bonds. The molecular formula is C21H12Cl2O4S. The van der Waals surface area contributed by atoms with Gasteiger partial charge in [0.25, 0.3) is 0 Å². The molecule has 4 nitrogen and oxygen atoms in total. The third-order valence-corrected chi connectivity index (χ3v) is 5.57. The minimum absolute atomic E-state index is 0.141. The highest BCUT2D eigenvalue weighted by Crippen LogP contribution is 2.36. The number of fused-ring (bicyclic) bond motifs is 1. The van der Waals surface area contributed by atoms with Crippen LogP contribution >= 0.6 is 34.5 Å². The molecule has 0 aliphatic carbocycles. The second-order valence-corrected chi connectivity index (χ2v) is 7.81. The average Bonchev–Trinajstić information content (AvgIpc) is 3.04. The van der Waals surface area contributed by atoms with Crippen LogP contribution in [0.5, 0.6) is 5.75 Å². The fraction of sp³-hybridized carbons (Fsp3) is 0.0476. The zero-order valence-corrected chi connectivity index (χ0v) is 16.6. The summed E-state index contributed by atoms with van der Waals surface area (Å²) < 4.78 is 11.4. The molecule has 0 aliphatic rings. The maximum Gasteiger partial charge on any atom is 0.396 e. The number of hydrogen-bond donors (Lipinski definition) is 0. The molecule has 4 rings (SSSR count). The van der Waals surface area contributed by atoms with Crippen molar-refractivity contribution >= 4 is 50.8 Å². The van der Waals surface area contributed by atoms with Crippen molar-refractivity contribution in [2.24, 2.45) is 0 Å². The topological polar surface area (TPSA) is 56.5 Å². The van der Waals surface area contributed by atoms with Crippen molar-refractivity contribution in [3.63, 3.8) is 0 Å². The number of rotatable bonds is 4. The Morgan fingerprint density at radius 2 is 1.79 bits per heavy atom. The third-order valence-electron chi connectivity index (χ3n) is 4.06. The van der Waals surface area contributed by atoms with E-state index in [1.165, 1.54) is 0 Å². The van der Waals surface area contributed by atoms with E-state index >= 15 is 0 Å². The Bertz CT molecular complexity index is 1230. The van der Waals surface area contributed by atoms with E-state index in [1.807, 2.05) is 30.3 Å². The van der Waals surface area contributed by atoms with E-state index in [-0.39, 0.29) is 6.42 Å². The van der Waals surface area contributed by atoms with E-state index in [1.54, 1.807) is 30.3 Å². The lowest BCUT2D eigenvalue weighted by atomic mass is 10.0. The predicted octanol–water partition coefficient (Wildman–Crippen LogP) is 5.98. The van der Waals surface area contributed by atoms with Gasteiger partial charge in [-0.25, -0.2) is 4.79 Å². The summed E-state index contributed by atoms with van der Waals surface area (Å²) in [4.78, 5) is 23.7. The second-order valence-electron chi connectivity index (χ2n) is 6.02. The highest BCUT2D eigenvalue weighted by molar-refractivity contribution is 7.16. The molecule has 0 saturated carbocycles. The van der Waals surface area contributed by atoms with Gasteiger partial charge in [-0.15, -0.1) is 0 Å². The van der Waals surface area contributed by atoms with Gasteiger partial charge in [0.15, 0.2) is 5.58 Å². The summed E-state index contributed by atoms with van der Waals surface area (Å²) in [5.74, 6) is -0.0759. The van der Waals surface area contributed by atoms with Gasteiger partial charge in [0.1, 0.15) is 5.75 Å². The number of hydrogen-bond acceptors (Lipinski definition) is 5. The molecule has 0 fully saturated rings. The van der Waals surface area contributed by atoms with Gasteiger partial charge in [0, 0.05) is 11.6 Å². The summed E-state index contributed by atoms with van der Waals surface area (Å²) in [6.45, 7) is 0. The quantitative estimate of drug-likeness (QED) is 0.295. The van der Waals surface area contributed by atoms with Crippen molar-refractivity contribution < 1.29 is 13.9 Å². The molecule has 3 aromatic carbocycles. The fourth-order valence-corrected chi connectivity index (χ4v) is 3.84. The van der Waals surface area contributed by atoms with Crippen LogP contribution in [0.3, 0.4) is 0 Å². The SMILES string of the molecule is O=C(Cc1ccccc1)Oc1cc(-c2ccc(Cl)c(Cl)c2)c2oc(=O)sc2c1. The van der Waals surface area contributed by atoms with Crippen molar-refractivity contribution in [3.05, 3.63) is 86.0 Å². The summed E-state index contributed by atoms with van der Waals surface area (Å²) in [5.41, 5.74) is 2.56. The summed E-state index contributed by atoms with van der Waals surface area (Å²) in [6, 6.07) is 17.7. The van der Waals surface area contributed by atoms with Crippen LogP contribution < -0.4 is 9.68 Å². The van der Waals surface area contributed by atoms with Crippen LogP contribution in [0.15, 0.2) is 69.9 Å². The third kappa shape index (κ3) is 3.97. The standard InChI is InChI=1S/C21H12Cl2O4S/c22-16-7-6-13(9-17(16)23)15-10-14(11-18-20(15)27-21(25)28-18)26-19(24)8-12-4-2-1-3-5-12/h1-7,9-11H,8H2. The Morgan fingerprint density at radius 3 is 2.54 bits per heavy atom. The molecule has 4 aromatic rings. The maximum atomic E-state index is 12.3. The molecule has 0 aliphatic heterocycles. The normalized spacial score (nSPS) is 10.9. The molecular weight excluding hydrogens is 419 g/mol. The molecule has 0 bridgehead atoms. The first-order chi connectivity index (χ1) is 13.5. The zero-order valence-electron chi connectivity index (χ0n) is 14.3. The van der Waals surface area contributed by atoms with Gasteiger partial charge in [-0.2, -0.15) is 0 Å². The van der Waals surface area contributed by atoms with Crippen molar-refractivity contribution in [2.75, 3.05) is 0 Å². The smallest absolute Gasteiger partial charge is 0.396 e. The maximum absolute atomic E-state index is 12.3. The summed E-state index contributed by atoms with van der Waals surface area (Å²) in [6.07, 6.45) is 0.141. The van der Waals surface area contributed by atoms with Crippen LogP contribution in [0.2, 0.25) is 10.0 Å². The van der Waals surface area contributed by atoms with E-state index in [0.717, 1.165) is 16.9 Å². The molecule has 140 valence electrons. The van der Waals surface area contributed by atoms with Gasteiger partial charge in [0.05, 0.1) is 21.2 Å². The van der Waals surface area contributed by atoms with Gasteiger partial charge in [-0.05, 0) is 29.3 Å². The molecule has 1 aromatic heterocycles. The largest absolute Gasteiger partial charge is 0.426 e. The Labute approximate surface area is 173 Å². The lowest BCUT2D eigenvalue weighted by Crippen LogP contribution is -2.11. The monoisotopic (exact) mass is 430 g/mol. The molecule has 0 saturated heterocycles. The lowest BCUT2D eigenvalue weighted by molar-refractivity contribution is -0.133. The average molecular weight is 431 g/mol. The van der Waals surface area contributed by atoms with E-state index < -0.39 is 10.9 Å². The minimum Gasteiger partial charge on any atom is -0.426 e.